The molecule has 1 amide bonds. The van der Waals surface area contributed by atoms with Crippen LogP contribution in [0, 0.1) is 6.92 Å². The summed E-state index contributed by atoms with van der Waals surface area (Å²) < 4.78 is 0. The zero-order valence-corrected chi connectivity index (χ0v) is 16.9. The highest BCUT2D eigenvalue weighted by molar-refractivity contribution is 5.95. The van der Waals surface area contributed by atoms with Gasteiger partial charge in [-0.05, 0) is 41.7 Å². The number of amides is 1. The molecule has 0 spiro atoms. The van der Waals surface area contributed by atoms with Crippen LogP contribution in [0.1, 0.15) is 38.8 Å². The number of benzene rings is 2. The van der Waals surface area contributed by atoms with Crippen LogP contribution in [0.25, 0.3) is 11.0 Å². The number of carbonyl (C=O) groups is 1. The first-order valence-corrected chi connectivity index (χ1v) is 10.1. The van der Waals surface area contributed by atoms with Crippen molar-refractivity contribution in [3.8, 4) is 0 Å². The molecule has 0 fully saturated rings. The topological polar surface area (TPSA) is 98.9 Å². The molecule has 0 radical (unpaired) electrons. The second-order valence-electron chi connectivity index (χ2n) is 7.72. The lowest BCUT2D eigenvalue weighted by molar-refractivity contribution is 0.0689. The SMILES string of the molecule is Cc1cc(C(=O)N2CCc3ccccc3[C@@H]2c2ccccc2)nc2[nH]c(=O)[nH]c(=O)c12. The fraction of sp³-hybridized carbons (Fsp3) is 0.167. The highest BCUT2D eigenvalue weighted by Gasteiger charge is 2.33. The Bertz CT molecular complexity index is 1420. The molecule has 2 N–H and O–H groups in total. The maximum Gasteiger partial charge on any atom is 0.327 e. The first kappa shape index (κ1) is 19.0. The Morgan fingerprint density at radius 2 is 1.77 bits per heavy atom. The zero-order chi connectivity index (χ0) is 21.5. The van der Waals surface area contributed by atoms with Gasteiger partial charge in [-0.25, -0.2) is 9.78 Å². The smallest absolute Gasteiger partial charge is 0.326 e. The van der Waals surface area contributed by atoms with Crippen LogP contribution >= 0.6 is 0 Å². The van der Waals surface area contributed by atoms with E-state index in [1.807, 2.05) is 47.4 Å². The average molecular weight is 412 g/mol. The summed E-state index contributed by atoms with van der Waals surface area (Å²) in [5.74, 6) is -0.241. The van der Waals surface area contributed by atoms with E-state index in [-0.39, 0.29) is 28.7 Å². The average Bonchev–Trinajstić information content (AvgIpc) is 2.77. The number of hydrogen-bond donors (Lipinski definition) is 2. The lowest BCUT2D eigenvalue weighted by Gasteiger charge is -2.37. The van der Waals surface area contributed by atoms with Crippen LogP contribution < -0.4 is 11.2 Å². The van der Waals surface area contributed by atoms with Gasteiger partial charge >= 0.3 is 5.69 Å². The van der Waals surface area contributed by atoms with Crippen molar-refractivity contribution in [2.75, 3.05) is 6.54 Å². The molecule has 2 aromatic carbocycles. The normalized spacial score (nSPS) is 15.6. The van der Waals surface area contributed by atoms with E-state index in [1.165, 1.54) is 5.56 Å². The highest BCUT2D eigenvalue weighted by atomic mass is 16.2. The summed E-state index contributed by atoms with van der Waals surface area (Å²) >= 11 is 0. The van der Waals surface area contributed by atoms with E-state index in [0.717, 1.165) is 17.5 Å². The summed E-state index contributed by atoms with van der Waals surface area (Å²) in [6, 6.07) is 19.4. The number of aromatic nitrogens is 3. The second kappa shape index (κ2) is 7.36. The Kier molecular flexibility index (Phi) is 4.51. The summed E-state index contributed by atoms with van der Waals surface area (Å²) in [4.78, 5) is 48.4. The van der Waals surface area contributed by atoms with Crippen LogP contribution in [-0.2, 0) is 6.42 Å². The van der Waals surface area contributed by atoms with Crippen LogP contribution in [0.15, 0.2) is 70.3 Å². The first-order chi connectivity index (χ1) is 15.0. The van der Waals surface area contributed by atoms with Crippen molar-refractivity contribution in [2.24, 2.45) is 0 Å². The van der Waals surface area contributed by atoms with Crippen LogP contribution in [-0.4, -0.2) is 32.3 Å². The van der Waals surface area contributed by atoms with Gasteiger partial charge in [0, 0.05) is 6.54 Å². The number of H-pyrrole nitrogens is 2. The zero-order valence-electron chi connectivity index (χ0n) is 16.9. The van der Waals surface area contributed by atoms with Gasteiger partial charge in [0.2, 0.25) is 0 Å². The predicted octanol–water partition coefficient (Wildman–Crippen LogP) is 2.71. The molecule has 5 rings (SSSR count). The van der Waals surface area contributed by atoms with E-state index >= 15 is 0 Å². The fourth-order valence-corrected chi connectivity index (χ4v) is 4.39. The Balaban J connectivity index is 1.64. The minimum atomic E-state index is -0.650. The van der Waals surface area contributed by atoms with Gasteiger partial charge in [0.05, 0.1) is 11.4 Å². The minimum Gasteiger partial charge on any atom is -0.326 e. The molecule has 0 aliphatic carbocycles. The molecule has 2 aromatic heterocycles. The molecule has 1 aliphatic rings. The van der Waals surface area contributed by atoms with Crippen molar-refractivity contribution in [3.05, 3.63) is 109 Å². The van der Waals surface area contributed by atoms with Gasteiger partial charge < -0.3 is 4.90 Å². The fourth-order valence-electron chi connectivity index (χ4n) is 4.39. The lowest BCUT2D eigenvalue weighted by Crippen LogP contribution is -2.41. The van der Waals surface area contributed by atoms with E-state index in [9.17, 15) is 14.4 Å². The molecule has 3 heterocycles. The molecule has 1 atom stereocenters. The van der Waals surface area contributed by atoms with Crippen molar-refractivity contribution < 1.29 is 4.79 Å². The van der Waals surface area contributed by atoms with E-state index in [2.05, 4.69) is 27.1 Å². The molecule has 31 heavy (non-hydrogen) atoms. The summed E-state index contributed by atoms with van der Waals surface area (Å²) in [5.41, 5.74) is 3.07. The van der Waals surface area contributed by atoms with Gasteiger partial charge in [-0.2, -0.15) is 0 Å². The van der Waals surface area contributed by atoms with Gasteiger partial charge in [-0.1, -0.05) is 54.6 Å². The van der Waals surface area contributed by atoms with E-state index < -0.39 is 11.2 Å². The Morgan fingerprint density at radius 1 is 1.03 bits per heavy atom. The molecule has 1 aliphatic heterocycles. The predicted molar refractivity (Wildman–Crippen MR) is 117 cm³/mol. The van der Waals surface area contributed by atoms with Gasteiger partial charge in [0.15, 0.2) is 0 Å². The molecule has 4 aromatic rings. The Labute approximate surface area is 177 Å². The third-order valence-corrected chi connectivity index (χ3v) is 5.78. The minimum absolute atomic E-state index is 0.116. The molecule has 154 valence electrons. The van der Waals surface area contributed by atoms with Crippen molar-refractivity contribution >= 4 is 16.9 Å². The van der Waals surface area contributed by atoms with Crippen LogP contribution in [0.5, 0.6) is 0 Å². The summed E-state index contributed by atoms with van der Waals surface area (Å²) in [7, 11) is 0. The number of aryl methyl sites for hydroxylation is 1. The molecule has 7 heteroatoms. The summed E-state index contributed by atoms with van der Waals surface area (Å²) in [6.45, 7) is 2.27. The number of fused-ring (bicyclic) bond motifs is 2. The Morgan fingerprint density at radius 3 is 2.58 bits per heavy atom. The van der Waals surface area contributed by atoms with E-state index in [1.54, 1.807) is 13.0 Å². The molecule has 0 saturated heterocycles. The third kappa shape index (κ3) is 3.24. The van der Waals surface area contributed by atoms with Gasteiger partial charge in [-0.15, -0.1) is 0 Å². The molecule has 0 unspecified atom stereocenters. The number of nitrogens with zero attached hydrogens (tertiary/aromatic N) is 2. The van der Waals surface area contributed by atoms with E-state index in [0.29, 0.717) is 12.1 Å². The van der Waals surface area contributed by atoms with Crippen LogP contribution in [0.2, 0.25) is 0 Å². The van der Waals surface area contributed by atoms with Gasteiger partial charge in [0.25, 0.3) is 11.5 Å². The molecule has 7 nitrogen and oxygen atoms in total. The van der Waals surface area contributed by atoms with Crippen molar-refractivity contribution in [1.29, 1.82) is 0 Å². The lowest BCUT2D eigenvalue weighted by atomic mass is 9.88. The number of nitrogens with one attached hydrogen (secondary N) is 2. The third-order valence-electron chi connectivity index (χ3n) is 5.78. The quantitative estimate of drug-likeness (QED) is 0.529. The summed E-state index contributed by atoms with van der Waals surface area (Å²) in [6.07, 6.45) is 0.744. The van der Waals surface area contributed by atoms with Gasteiger partial charge in [-0.3, -0.25) is 19.6 Å². The standard InChI is InChI=1S/C24H20N4O3/c1-14-13-18(25-21-19(14)22(29)27-24(31)26-21)23(30)28-12-11-15-7-5-6-10-17(15)20(28)16-8-3-2-4-9-16/h2-10,13,20H,11-12H2,1H3,(H2,25,26,27,29,31)/t20-/m0/s1. The number of aromatic amines is 2. The molecular weight excluding hydrogens is 392 g/mol. The van der Waals surface area contributed by atoms with Crippen molar-refractivity contribution in [3.63, 3.8) is 0 Å². The maximum absolute atomic E-state index is 13.6. The summed E-state index contributed by atoms with van der Waals surface area (Å²) in [5, 5.41) is 0.278. The monoisotopic (exact) mass is 412 g/mol. The number of carbonyl (C=O) groups excluding carboxylic acids is 1. The Hall–Kier alpha value is -4.00. The number of rotatable bonds is 2. The largest absolute Gasteiger partial charge is 0.327 e. The molecular formula is C24H20N4O3. The second-order valence-corrected chi connectivity index (χ2v) is 7.72. The van der Waals surface area contributed by atoms with Crippen molar-refractivity contribution in [2.45, 2.75) is 19.4 Å². The number of hydrogen-bond acceptors (Lipinski definition) is 4. The maximum atomic E-state index is 13.6. The first-order valence-electron chi connectivity index (χ1n) is 10.1. The van der Waals surface area contributed by atoms with Crippen LogP contribution in [0.4, 0.5) is 0 Å². The highest BCUT2D eigenvalue weighted by Crippen LogP contribution is 2.36. The van der Waals surface area contributed by atoms with Gasteiger partial charge in [0.1, 0.15) is 11.3 Å². The van der Waals surface area contributed by atoms with E-state index in [4.69, 9.17) is 0 Å². The molecule has 0 bridgehead atoms. The van der Waals surface area contributed by atoms with Crippen molar-refractivity contribution in [1.82, 2.24) is 19.9 Å². The number of pyridine rings is 1. The van der Waals surface area contributed by atoms with Crippen LogP contribution in [0.3, 0.4) is 0 Å². The molecule has 0 saturated carbocycles.